The molecule has 0 heterocycles. The standard InChI is InChI=1S/C16H25N/c1-12-5-6-13(2)14(9-12)10-16(3,11-17-4)15-7-8-15/h5-6,9,15,17H,7-8,10-11H2,1-4H3. The van der Waals surface area contributed by atoms with E-state index in [1.807, 2.05) is 0 Å². The third-order valence-corrected chi connectivity index (χ3v) is 4.24. The van der Waals surface area contributed by atoms with Crippen molar-refractivity contribution in [2.75, 3.05) is 13.6 Å². The predicted molar refractivity (Wildman–Crippen MR) is 74.4 cm³/mol. The molecular weight excluding hydrogens is 206 g/mol. The van der Waals surface area contributed by atoms with E-state index in [2.05, 4.69) is 51.3 Å². The molecule has 1 aliphatic rings. The first-order chi connectivity index (χ1) is 8.05. The van der Waals surface area contributed by atoms with E-state index in [0.717, 1.165) is 12.5 Å². The molecule has 17 heavy (non-hydrogen) atoms. The maximum Gasteiger partial charge on any atom is 0.000800 e. The van der Waals surface area contributed by atoms with Gasteiger partial charge >= 0.3 is 0 Å². The van der Waals surface area contributed by atoms with E-state index < -0.39 is 0 Å². The van der Waals surface area contributed by atoms with E-state index in [4.69, 9.17) is 0 Å². The van der Waals surface area contributed by atoms with Crippen LogP contribution in [0.15, 0.2) is 18.2 Å². The summed E-state index contributed by atoms with van der Waals surface area (Å²) in [5.41, 5.74) is 4.80. The van der Waals surface area contributed by atoms with Gasteiger partial charge in [0, 0.05) is 6.54 Å². The molecule has 0 saturated heterocycles. The van der Waals surface area contributed by atoms with E-state index in [-0.39, 0.29) is 0 Å². The lowest BCUT2D eigenvalue weighted by Gasteiger charge is -2.30. The van der Waals surface area contributed by atoms with Crippen molar-refractivity contribution < 1.29 is 0 Å². The van der Waals surface area contributed by atoms with Crippen LogP contribution in [0.1, 0.15) is 36.5 Å². The average molecular weight is 231 g/mol. The van der Waals surface area contributed by atoms with Crippen LogP contribution in [-0.4, -0.2) is 13.6 Å². The summed E-state index contributed by atoms with van der Waals surface area (Å²) in [6, 6.07) is 6.84. The molecule has 0 bridgehead atoms. The van der Waals surface area contributed by atoms with Gasteiger partial charge in [0.05, 0.1) is 0 Å². The first-order valence-corrected chi connectivity index (χ1v) is 6.76. The first kappa shape index (κ1) is 12.6. The molecule has 0 radical (unpaired) electrons. The normalized spacial score (nSPS) is 19.1. The number of hydrogen-bond donors (Lipinski definition) is 1. The van der Waals surface area contributed by atoms with Gasteiger partial charge in [0.1, 0.15) is 0 Å². The van der Waals surface area contributed by atoms with Crippen molar-refractivity contribution in [3.05, 3.63) is 34.9 Å². The van der Waals surface area contributed by atoms with Crippen LogP contribution in [0.4, 0.5) is 0 Å². The molecule has 1 atom stereocenters. The average Bonchev–Trinajstić information content (AvgIpc) is 3.07. The number of benzene rings is 1. The Morgan fingerprint density at radius 1 is 1.29 bits per heavy atom. The Morgan fingerprint density at radius 2 is 2.00 bits per heavy atom. The fourth-order valence-electron chi connectivity index (χ4n) is 2.96. The van der Waals surface area contributed by atoms with Crippen molar-refractivity contribution in [3.63, 3.8) is 0 Å². The van der Waals surface area contributed by atoms with Gasteiger partial charge in [-0.1, -0.05) is 30.7 Å². The van der Waals surface area contributed by atoms with Gasteiger partial charge in [0.2, 0.25) is 0 Å². The Labute approximate surface area is 106 Å². The van der Waals surface area contributed by atoms with Gasteiger partial charge in [-0.3, -0.25) is 0 Å². The van der Waals surface area contributed by atoms with Gasteiger partial charge in [-0.2, -0.15) is 0 Å². The van der Waals surface area contributed by atoms with Crippen LogP contribution in [0, 0.1) is 25.2 Å². The monoisotopic (exact) mass is 231 g/mol. The maximum atomic E-state index is 3.38. The van der Waals surface area contributed by atoms with Crippen LogP contribution in [0.3, 0.4) is 0 Å². The summed E-state index contributed by atoms with van der Waals surface area (Å²) in [6.45, 7) is 8.00. The maximum absolute atomic E-state index is 3.38. The lowest BCUT2D eigenvalue weighted by Crippen LogP contribution is -2.34. The van der Waals surface area contributed by atoms with Crippen LogP contribution < -0.4 is 5.32 Å². The van der Waals surface area contributed by atoms with Crippen LogP contribution in [0.5, 0.6) is 0 Å². The van der Waals surface area contributed by atoms with Gasteiger partial charge < -0.3 is 5.32 Å². The number of aryl methyl sites for hydroxylation is 2. The van der Waals surface area contributed by atoms with Gasteiger partial charge in [-0.25, -0.2) is 0 Å². The molecule has 1 nitrogen and oxygen atoms in total. The van der Waals surface area contributed by atoms with Crippen LogP contribution in [0.25, 0.3) is 0 Å². The molecule has 1 fully saturated rings. The van der Waals surface area contributed by atoms with Gasteiger partial charge in [-0.15, -0.1) is 0 Å². The highest BCUT2D eigenvalue weighted by Gasteiger charge is 2.40. The summed E-state index contributed by atoms with van der Waals surface area (Å²) < 4.78 is 0. The summed E-state index contributed by atoms with van der Waals surface area (Å²) >= 11 is 0. The van der Waals surface area contributed by atoms with Crippen molar-refractivity contribution in [2.45, 2.75) is 40.0 Å². The molecule has 1 aliphatic carbocycles. The van der Waals surface area contributed by atoms with Crippen LogP contribution in [-0.2, 0) is 6.42 Å². The van der Waals surface area contributed by atoms with Crippen molar-refractivity contribution in [3.8, 4) is 0 Å². The lowest BCUT2D eigenvalue weighted by molar-refractivity contribution is 0.262. The van der Waals surface area contributed by atoms with Crippen LogP contribution in [0.2, 0.25) is 0 Å². The highest BCUT2D eigenvalue weighted by molar-refractivity contribution is 5.31. The SMILES string of the molecule is CNCC(C)(Cc1cc(C)ccc1C)C1CC1. The fraction of sp³-hybridized carbons (Fsp3) is 0.625. The third kappa shape index (κ3) is 2.90. The topological polar surface area (TPSA) is 12.0 Å². The minimum absolute atomic E-state index is 0.438. The molecule has 1 N–H and O–H groups in total. The Morgan fingerprint density at radius 3 is 2.59 bits per heavy atom. The molecule has 0 aromatic heterocycles. The zero-order valence-corrected chi connectivity index (χ0v) is 11.6. The molecule has 0 aliphatic heterocycles. The van der Waals surface area contributed by atoms with E-state index in [9.17, 15) is 0 Å². The van der Waals surface area contributed by atoms with E-state index in [1.165, 1.54) is 36.0 Å². The van der Waals surface area contributed by atoms with E-state index in [0.29, 0.717) is 5.41 Å². The highest BCUT2D eigenvalue weighted by atomic mass is 14.8. The fourth-order valence-corrected chi connectivity index (χ4v) is 2.96. The zero-order chi connectivity index (χ0) is 12.5. The van der Waals surface area contributed by atoms with Gasteiger partial charge in [-0.05, 0) is 62.6 Å². The Bertz CT molecular complexity index is 393. The number of rotatable bonds is 5. The molecular formula is C16H25N. The molecule has 2 rings (SSSR count). The predicted octanol–water partition coefficient (Wildman–Crippen LogP) is 3.48. The summed E-state index contributed by atoms with van der Waals surface area (Å²) in [6.07, 6.45) is 4.05. The Balaban J connectivity index is 2.19. The molecule has 0 spiro atoms. The summed E-state index contributed by atoms with van der Waals surface area (Å²) in [5.74, 6) is 0.926. The first-order valence-electron chi connectivity index (χ1n) is 6.76. The van der Waals surface area contributed by atoms with Crippen molar-refractivity contribution in [1.29, 1.82) is 0 Å². The quantitative estimate of drug-likeness (QED) is 0.818. The second kappa shape index (κ2) is 4.81. The minimum Gasteiger partial charge on any atom is -0.319 e. The zero-order valence-electron chi connectivity index (χ0n) is 11.6. The molecule has 1 saturated carbocycles. The Hall–Kier alpha value is -0.820. The molecule has 1 unspecified atom stereocenters. The summed E-state index contributed by atoms with van der Waals surface area (Å²) in [7, 11) is 2.07. The number of nitrogens with one attached hydrogen (secondary N) is 1. The number of hydrogen-bond acceptors (Lipinski definition) is 1. The molecule has 94 valence electrons. The minimum atomic E-state index is 0.438. The summed E-state index contributed by atoms with van der Waals surface area (Å²) in [5, 5.41) is 3.38. The van der Waals surface area contributed by atoms with E-state index in [1.54, 1.807) is 0 Å². The van der Waals surface area contributed by atoms with Gasteiger partial charge in [0.25, 0.3) is 0 Å². The largest absolute Gasteiger partial charge is 0.319 e. The van der Waals surface area contributed by atoms with E-state index >= 15 is 0 Å². The second-order valence-electron chi connectivity index (χ2n) is 6.07. The smallest absolute Gasteiger partial charge is 0.000800 e. The lowest BCUT2D eigenvalue weighted by atomic mass is 9.78. The molecule has 1 heteroatoms. The Kier molecular flexibility index (Phi) is 3.58. The highest BCUT2D eigenvalue weighted by Crippen LogP contribution is 2.47. The third-order valence-electron chi connectivity index (χ3n) is 4.24. The van der Waals surface area contributed by atoms with Gasteiger partial charge in [0.15, 0.2) is 0 Å². The van der Waals surface area contributed by atoms with Crippen molar-refractivity contribution in [2.24, 2.45) is 11.3 Å². The van der Waals surface area contributed by atoms with Crippen molar-refractivity contribution >= 4 is 0 Å². The van der Waals surface area contributed by atoms with Crippen molar-refractivity contribution in [1.82, 2.24) is 5.32 Å². The molecule has 1 aromatic carbocycles. The second-order valence-corrected chi connectivity index (χ2v) is 6.07. The molecule has 0 amide bonds. The molecule has 1 aromatic rings. The summed E-state index contributed by atoms with van der Waals surface area (Å²) in [4.78, 5) is 0. The van der Waals surface area contributed by atoms with Crippen LogP contribution >= 0.6 is 0 Å².